The van der Waals surface area contributed by atoms with E-state index in [9.17, 15) is 0 Å². The molecule has 2 heteroatoms. The van der Waals surface area contributed by atoms with Crippen molar-refractivity contribution in [1.29, 1.82) is 0 Å². The second-order valence-electron chi connectivity index (χ2n) is 2.27. The first-order valence-electron chi connectivity index (χ1n) is 3.12. The molecule has 1 saturated heterocycles. The Morgan fingerprint density at radius 2 is 2.50 bits per heavy atom. The molecule has 1 aliphatic heterocycles. The summed E-state index contributed by atoms with van der Waals surface area (Å²) in [7, 11) is 0. The van der Waals surface area contributed by atoms with Gasteiger partial charge in [-0.2, -0.15) is 24.4 Å². The minimum absolute atomic E-state index is 0.914. The van der Waals surface area contributed by atoms with Crippen molar-refractivity contribution in [3.63, 3.8) is 0 Å². The summed E-state index contributed by atoms with van der Waals surface area (Å²) in [6.45, 7) is 0. The molecule has 0 bridgehead atoms. The summed E-state index contributed by atoms with van der Waals surface area (Å²) in [4.78, 5) is 0. The van der Waals surface area contributed by atoms with Crippen molar-refractivity contribution < 1.29 is 0 Å². The van der Waals surface area contributed by atoms with Crippen LogP contribution in [0.1, 0.15) is 12.8 Å². The first-order valence-corrected chi connectivity index (χ1v) is 4.91. The molecule has 0 aromatic carbocycles. The van der Waals surface area contributed by atoms with E-state index >= 15 is 0 Å². The third-order valence-electron chi connectivity index (χ3n) is 1.51. The SMILES string of the molecule is SCC1CCCSC1. The van der Waals surface area contributed by atoms with Crippen LogP contribution in [0.3, 0.4) is 0 Å². The molecular weight excluding hydrogens is 136 g/mol. The third-order valence-corrected chi connectivity index (χ3v) is 3.31. The van der Waals surface area contributed by atoms with Gasteiger partial charge in [-0.05, 0) is 36.0 Å². The van der Waals surface area contributed by atoms with Crippen LogP contribution < -0.4 is 0 Å². The summed E-state index contributed by atoms with van der Waals surface area (Å²) < 4.78 is 0. The molecular formula is C6H12S2. The molecule has 0 saturated carbocycles. The zero-order valence-corrected chi connectivity index (χ0v) is 6.68. The molecule has 0 nitrogen and oxygen atoms in total. The molecule has 0 N–H and O–H groups in total. The van der Waals surface area contributed by atoms with Crippen molar-refractivity contribution >= 4 is 24.4 Å². The summed E-state index contributed by atoms with van der Waals surface area (Å²) in [6, 6.07) is 0. The van der Waals surface area contributed by atoms with E-state index in [4.69, 9.17) is 0 Å². The van der Waals surface area contributed by atoms with Crippen LogP contribution in [0.5, 0.6) is 0 Å². The largest absolute Gasteiger partial charge is 0.179 e. The Labute approximate surface area is 60.8 Å². The lowest BCUT2D eigenvalue weighted by atomic mass is 10.1. The fourth-order valence-corrected chi connectivity index (χ4v) is 2.59. The molecule has 0 aliphatic carbocycles. The summed E-state index contributed by atoms with van der Waals surface area (Å²) in [5, 5.41) is 0. The summed E-state index contributed by atoms with van der Waals surface area (Å²) >= 11 is 6.33. The lowest BCUT2D eigenvalue weighted by Crippen LogP contribution is -2.11. The van der Waals surface area contributed by atoms with E-state index in [1.807, 2.05) is 0 Å². The Morgan fingerprint density at radius 1 is 1.62 bits per heavy atom. The van der Waals surface area contributed by atoms with Crippen LogP contribution in [0.2, 0.25) is 0 Å². The highest BCUT2D eigenvalue weighted by Gasteiger charge is 2.10. The van der Waals surface area contributed by atoms with Crippen LogP contribution in [-0.4, -0.2) is 17.3 Å². The van der Waals surface area contributed by atoms with Gasteiger partial charge in [0, 0.05) is 0 Å². The molecule has 1 aliphatic rings. The standard InChI is InChI=1S/C6H12S2/c7-4-6-2-1-3-8-5-6/h6-7H,1-5H2. The van der Waals surface area contributed by atoms with E-state index in [2.05, 4.69) is 24.4 Å². The van der Waals surface area contributed by atoms with Crippen molar-refractivity contribution in [2.24, 2.45) is 5.92 Å². The van der Waals surface area contributed by atoms with Crippen molar-refractivity contribution in [2.45, 2.75) is 12.8 Å². The van der Waals surface area contributed by atoms with Gasteiger partial charge in [0.15, 0.2) is 0 Å². The molecule has 1 heterocycles. The number of hydrogen-bond donors (Lipinski definition) is 1. The molecule has 0 radical (unpaired) electrons. The van der Waals surface area contributed by atoms with Gasteiger partial charge in [-0.1, -0.05) is 0 Å². The van der Waals surface area contributed by atoms with E-state index in [1.54, 1.807) is 0 Å². The average Bonchev–Trinajstić information content (AvgIpc) is 1.90. The first kappa shape index (κ1) is 6.81. The van der Waals surface area contributed by atoms with Crippen LogP contribution in [0.4, 0.5) is 0 Å². The number of rotatable bonds is 1. The van der Waals surface area contributed by atoms with Gasteiger partial charge in [0.05, 0.1) is 0 Å². The fraction of sp³-hybridized carbons (Fsp3) is 1.00. The lowest BCUT2D eigenvalue weighted by molar-refractivity contribution is 0.583. The molecule has 8 heavy (non-hydrogen) atoms. The maximum atomic E-state index is 4.25. The first-order chi connectivity index (χ1) is 3.93. The minimum Gasteiger partial charge on any atom is -0.179 e. The maximum absolute atomic E-state index is 4.25. The van der Waals surface area contributed by atoms with Gasteiger partial charge in [-0.15, -0.1) is 0 Å². The summed E-state index contributed by atoms with van der Waals surface area (Å²) in [6.07, 6.45) is 2.83. The van der Waals surface area contributed by atoms with Gasteiger partial charge >= 0.3 is 0 Å². The summed E-state index contributed by atoms with van der Waals surface area (Å²) in [5.74, 6) is 4.73. The van der Waals surface area contributed by atoms with Crippen molar-refractivity contribution in [3.8, 4) is 0 Å². The molecule has 1 fully saturated rings. The van der Waals surface area contributed by atoms with Gasteiger partial charge in [-0.3, -0.25) is 0 Å². The highest BCUT2D eigenvalue weighted by Crippen LogP contribution is 2.22. The van der Waals surface area contributed by atoms with Gasteiger partial charge < -0.3 is 0 Å². The van der Waals surface area contributed by atoms with Crippen LogP contribution >= 0.6 is 24.4 Å². The molecule has 0 aromatic rings. The van der Waals surface area contributed by atoms with E-state index in [0.29, 0.717) is 0 Å². The summed E-state index contributed by atoms with van der Waals surface area (Å²) in [5.41, 5.74) is 0. The van der Waals surface area contributed by atoms with Gasteiger partial charge in [0.2, 0.25) is 0 Å². The van der Waals surface area contributed by atoms with Gasteiger partial charge in [0.25, 0.3) is 0 Å². The Morgan fingerprint density at radius 3 is 2.88 bits per heavy atom. The third kappa shape index (κ3) is 1.90. The minimum atomic E-state index is 0.914. The van der Waals surface area contributed by atoms with Crippen LogP contribution in [0.15, 0.2) is 0 Å². The molecule has 0 spiro atoms. The van der Waals surface area contributed by atoms with Crippen LogP contribution in [0, 0.1) is 5.92 Å². The lowest BCUT2D eigenvalue weighted by Gasteiger charge is -2.18. The highest BCUT2D eigenvalue weighted by molar-refractivity contribution is 7.99. The van der Waals surface area contributed by atoms with Crippen LogP contribution in [0.25, 0.3) is 0 Å². The van der Waals surface area contributed by atoms with Crippen molar-refractivity contribution in [3.05, 3.63) is 0 Å². The topological polar surface area (TPSA) is 0 Å². The van der Waals surface area contributed by atoms with Gasteiger partial charge in [-0.25, -0.2) is 0 Å². The second-order valence-corrected chi connectivity index (χ2v) is 3.78. The number of hydrogen-bond acceptors (Lipinski definition) is 2. The zero-order valence-electron chi connectivity index (χ0n) is 4.97. The van der Waals surface area contributed by atoms with Crippen molar-refractivity contribution in [2.75, 3.05) is 17.3 Å². The normalized spacial score (nSPS) is 30.4. The predicted molar refractivity (Wildman–Crippen MR) is 43.9 cm³/mol. The Balaban J connectivity index is 2.13. The Bertz CT molecular complexity index is 57.5. The zero-order chi connectivity index (χ0) is 5.82. The highest BCUT2D eigenvalue weighted by atomic mass is 32.2. The molecule has 48 valence electrons. The molecule has 0 amide bonds. The van der Waals surface area contributed by atoms with E-state index in [0.717, 1.165) is 11.7 Å². The fourth-order valence-electron chi connectivity index (χ4n) is 0.951. The monoisotopic (exact) mass is 148 g/mol. The van der Waals surface area contributed by atoms with E-state index < -0.39 is 0 Å². The number of thioether (sulfide) groups is 1. The Kier molecular flexibility index (Phi) is 3.13. The maximum Gasteiger partial charge on any atom is -0.00313 e. The smallest absolute Gasteiger partial charge is 0.00313 e. The second kappa shape index (κ2) is 3.67. The molecule has 1 rings (SSSR count). The Hall–Kier alpha value is 0.700. The predicted octanol–water partition coefficient (Wildman–Crippen LogP) is 2.06. The van der Waals surface area contributed by atoms with Crippen LogP contribution in [-0.2, 0) is 0 Å². The number of thiol groups is 1. The average molecular weight is 148 g/mol. The van der Waals surface area contributed by atoms with E-state index in [1.165, 1.54) is 24.3 Å². The van der Waals surface area contributed by atoms with E-state index in [-0.39, 0.29) is 0 Å². The molecule has 1 unspecified atom stereocenters. The van der Waals surface area contributed by atoms with Crippen molar-refractivity contribution in [1.82, 2.24) is 0 Å². The van der Waals surface area contributed by atoms with Gasteiger partial charge in [0.1, 0.15) is 0 Å². The molecule has 1 atom stereocenters. The quantitative estimate of drug-likeness (QED) is 0.555. The molecule has 0 aromatic heterocycles.